The van der Waals surface area contributed by atoms with Crippen LogP contribution in [0.5, 0.6) is 17.2 Å². The molecule has 0 aliphatic rings. The van der Waals surface area contributed by atoms with Gasteiger partial charge in [-0.25, -0.2) is 10.2 Å². The summed E-state index contributed by atoms with van der Waals surface area (Å²) >= 11 is 3.33. The summed E-state index contributed by atoms with van der Waals surface area (Å²) in [6.07, 6.45) is 2.40. The molecule has 0 heterocycles. The van der Waals surface area contributed by atoms with E-state index in [0.717, 1.165) is 16.5 Å². The second kappa shape index (κ2) is 12.4. The molecule has 33 heavy (non-hydrogen) atoms. The smallest absolute Gasteiger partial charge is 0.343 e. The standard InChI is InChI=1S/C25H23BrN2O5/c1-2-15-31-21-11-5-19(6-12-21)25(30)33-23-9-3-18(4-10-23)16-27-28-24(29)17-32-22-13-7-20(26)8-14-22/h3-14,16H,2,15,17H2,1H3,(H,28,29). The lowest BCUT2D eigenvalue weighted by Gasteiger charge is -2.07. The van der Waals surface area contributed by atoms with Crippen molar-refractivity contribution in [2.24, 2.45) is 5.10 Å². The molecular weight excluding hydrogens is 488 g/mol. The van der Waals surface area contributed by atoms with Crippen molar-refractivity contribution in [1.82, 2.24) is 5.43 Å². The van der Waals surface area contributed by atoms with Crippen LogP contribution >= 0.6 is 15.9 Å². The fraction of sp³-hybridized carbons (Fsp3) is 0.160. The van der Waals surface area contributed by atoms with Gasteiger partial charge < -0.3 is 14.2 Å². The van der Waals surface area contributed by atoms with Crippen LogP contribution in [0.4, 0.5) is 0 Å². The SMILES string of the molecule is CCCOc1ccc(C(=O)Oc2ccc(C=NNC(=O)COc3ccc(Br)cc3)cc2)cc1. The molecule has 3 rings (SSSR count). The van der Waals surface area contributed by atoms with Crippen molar-refractivity contribution in [3.63, 3.8) is 0 Å². The number of nitrogens with zero attached hydrogens (tertiary/aromatic N) is 1. The molecule has 0 saturated heterocycles. The lowest BCUT2D eigenvalue weighted by Crippen LogP contribution is -2.24. The molecule has 0 aliphatic carbocycles. The van der Waals surface area contributed by atoms with Crippen molar-refractivity contribution in [3.8, 4) is 17.2 Å². The first-order chi connectivity index (χ1) is 16.0. The minimum absolute atomic E-state index is 0.153. The molecule has 3 aromatic rings. The third kappa shape index (κ3) is 8.08. The van der Waals surface area contributed by atoms with Crippen LogP contribution in [0.3, 0.4) is 0 Å². The molecule has 0 radical (unpaired) electrons. The van der Waals surface area contributed by atoms with Crippen molar-refractivity contribution < 1.29 is 23.8 Å². The Balaban J connectivity index is 1.44. The predicted molar refractivity (Wildman–Crippen MR) is 129 cm³/mol. The Morgan fingerprint density at radius 3 is 2.15 bits per heavy atom. The van der Waals surface area contributed by atoms with Gasteiger partial charge in [-0.3, -0.25) is 4.79 Å². The largest absolute Gasteiger partial charge is 0.494 e. The Morgan fingerprint density at radius 1 is 0.879 bits per heavy atom. The predicted octanol–water partition coefficient (Wildman–Crippen LogP) is 4.99. The van der Waals surface area contributed by atoms with Gasteiger partial charge in [-0.1, -0.05) is 22.9 Å². The Hall–Kier alpha value is -3.65. The molecule has 0 aromatic heterocycles. The molecule has 1 N–H and O–H groups in total. The van der Waals surface area contributed by atoms with Crippen LogP contribution < -0.4 is 19.6 Å². The monoisotopic (exact) mass is 510 g/mol. The number of ether oxygens (including phenoxy) is 3. The van der Waals surface area contributed by atoms with Crippen molar-refractivity contribution in [1.29, 1.82) is 0 Å². The Labute approximate surface area is 200 Å². The van der Waals surface area contributed by atoms with Gasteiger partial charge in [-0.15, -0.1) is 0 Å². The maximum absolute atomic E-state index is 12.3. The lowest BCUT2D eigenvalue weighted by atomic mass is 10.2. The van der Waals surface area contributed by atoms with Crippen LogP contribution in [-0.2, 0) is 4.79 Å². The molecule has 3 aromatic carbocycles. The summed E-state index contributed by atoms with van der Waals surface area (Å²) in [5.74, 6) is 0.852. The number of hydrazone groups is 1. The van der Waals surface area contributed by atoms with E-state index in [2.05, 4.69) is 26.5 Å². The molecule has 0 unspecified atom stereocenters. The van der Waals surface area contributed by atoms with E-state index >= 15 is 0 Å². The molecule has 0 aliphatic heterocycles. The Morgan fingerprint density at radius 2 is 1.48 bits per heavy atom. The first-order valence-corrected chi connectivity index (χ1v) is 11.1. The van der Waals surface area contributed by atoms with Gasteiger partial charge in [0.2, 0.25) is 0 Å². The molecule has 7 nitrogen and oxygen atoms in total. The van der Waals surface area contributed by atoms with E-state index in [1.165, 1.54) is 6.21 Å². The average Bonchev–Trinajstić information content (AvgIpc) is 2.84. The fourth-order valence-electron chi connectivity index (χ4n) is 2.59. The van der Waals surface area contributed by atoms with E-state index < -0.39 is 5.97 Å². The average molecular weight is 511 g/mol. The number of esters is 1. The van der Waals surface area contributed by atoms with Crippen LogP contribution in [0, 0.1) is 0 Å². The Bertz CT molecular complexity index is 1080. The van der Waals surface area contributed by atoms with E-state index in [9.17, 15) is 9.59 Å². The van der Waals surface area contributed by atoms with Crippen molar-refractivity contribution in [2.75, 3.05) is 13.2 Å². The van der Waals surface area contributed by atoms with Gasteiger partial charge in [0.1, 0.15) is 17.2 Å². The second-order valence-electron chi connectivity index (χ2n) is 6.87. The molecule has 0 spiro atoms. The maximum atomic E-state index is 12.3. The fourth-order valence-corrected chi connectivity index (χ4v) is 2.85. The van der Waals surface area contributed by atoms with Gasteiger partial charge in [-0.2, -0.15) is 5.10 Å². The summed E-state index contributed by atoms with van der Waals surface area (Å²) < 4.78 is 17.2. The summed E-state index contributed by atoms with van der Waals surface area (Å²) in [6.45, 7) is 2.50. The normalized spacial score (nSPS) is 10.6. The maximum Gasteiger partial charge on any atom is 0.343 e. The van der Waals surface area contributed by atoms with Gasteiger partial charge in [0.15, 0.2) is 6.61 Å². The number of nitrogens with one attached hydrogen (secondary N) is 1. The highest BCUT2D eigenvalue weighted by atomic mass is 79.9. The quantitative estimate of drug-likeness (QED) is 0.180. The summed E-state index contributed by atoms with van der Waals surface area (Å²) in [4.78, 5) is 24.1. The van der Waals surface area contributed by atoms with Crippen LogP contribution in [0.1, 0.15) is 29.3 Å². The third-order valence-electron chi connectivity index (χ3n) is 4.24. The molecule has 0 saturated carbocycles. The van der Waals surface area contributed by atoms with Gasteiger partial charge in [-0.05, 0) is 84.8 Å². The van der Waals surface area contributed by atoms with E-state index in [4.69, 9.17) is 14.2 Å². The van der Waals surface area contributed by atoms with Crippen molar-refractivity contribution in [2.45, 2.75) is 13.3 Å². The number of hydrogen-bond acceptors (Lipinski definition) is 6. The zero-order valence-electron chi connectivity index (χ0n) is 18.0. The van der Waals surface area contributed by atoms with Crippen molar-refractivity contribution in [3.05, 3.63) is 88.4 Å². The number of hydrogen-bond donors (Lipinski definition) is 1. The number of amides is 1. The number of carbonyl (C=O) groups excluding carboxylic acids is 2. The van der Waals surface area contributed by atoms with E-state index in [0.29, 0.717) is 29.4 Å². The summed E-state index contributed by atoms with van der Waals surface area (Å²) in [7, 11) is 0. The molecule has 0 fully saturated rings. The highest BCUT2D eigenvalue weighted by Gasteiger charge is 2.09. The Kier molecular flexibility index (Phi) is 9.02. The van der Waals surface area contributed by atoms with Crippen LogP contribution in [0.15, 0.2) is 82.4 Å². The topological polar surface area (TPSA) is 86.2 Å². The minimum atomic E-state index is -0.462. The summed E-state index contributed by atoms with van der Waals surface area (Å²) in [5, 5.41) is 3.90. The highest BCUT2D eigenvalue weighted by molar-refractivity contribution is 9.10. The highest BCUT2D eigenvalue weighted by Crippen LogP contribution is 2.17. The van der Waals surface area contributed by atoms with Gasteiger partial charge in [0, 0.05) is 4.47 Å². The zero-order chi connectivity index (χ0) is 23.5. The number of halogens is 1. The van der Waals surface area contributed by atoms with E-state index in [1.807, 2.05) is 19.1 Å². The molecule has 8 heteroatoms. The second-order valence-corrected chi connectivity index (χ2v) is 7.78. The molecule has 170 valence electrons. The number of rotatable bonds is 10. The molecule has 1 amide bonds. The minimum Gasteiger partial charge on any atom is -0.494 e. The first-order valence-electron chi connectivity index (χ1n) is 10.3. The molecular formula is C25H23BrN2O5. The third-order valence-corrected chi connectivity index (χ3v) is 4.77. The van der Waals surface area contributed by atoms with Crippen molar-refractivity contribution >= 4 is 34.0 Å². The van der Waals surface area contributed by atoms with E-state index in [1.54, 1.807) is 60.7 Å². The number of benzene rings is 3. The summed E-state index contributed by atoms with van der Waals surface area (Å²) in [5.41, 5.74) is 3.55. The van der Waals surface area contributed by atoms with Crippen LogP contribution in [-0.4, -0.2) is 31.3 Å². The first kappa shape index (κ1) is 24.0. The summed E-state index contributed by atoms with van der Waals surface area (Å²) in [6, 6.07) is 20.7. The van der Waals surface area contributed by atoms with Gasteiger partial charge in [0.05, 0.1) is 18.4 Å². The number of carbonyl (C=O) groups is 2. The molecule has 0 bridgehead atoms. The van der Waals surface area contributed by atoms with Gasteiger partial charge >= 0.3 is 5.97 Å². The van der Waals surface area contributed by atoms with E-state index in [-0.39, 0.29) is 12.5 Å². The van der Waals surface area contributed by atoms with Gasteiger partial charge in [0.25, 0.3) is 5.91 Å². The molecule has 0 atom stereocenters. The lowest BCUT2D eigenvalue weighted by molar-refractivity contribution is -0.123. The zero-order valence-corrected chi connectivity index (χ0v) is 19.6. The van der Waals surface area contributed by atoms with Crippen LogP contribution in [0.2, 0.25) is 0 Å². The van der Waals surface area contributed by atoms with Crippen LogP contribution in [0.25, 0.3) is 0 Å².